The Balaban J connectivity index is 1.90. The zero-order valence-corrected chi connectivity index (χ0v) is 13.3. The van der Waals surface area contributed by atoms with Crippen molar-refractivity contribution in [3.8, 4) is 0 Å². The fraction of sp³-hybridized carbons (Fsp3) is 0.875. The maximum atomic E-state index is 12.7. The van der Waals surface area contributed by atoms with Crippen LogP contribution in [0.15, 0.2) is 0 Å². The lowest BCUT2D eigenvalue weighted by Crippen LogP contribution is -2.53. The summed E-state index contributed by atoms with van der Waals surface area (Å²) in [5, 5.41) is 8.80. The number of carbonyl (C=O) groups excluding carboxylic acids is 1. The van der Waals surface area contributed by atoms with E-state index in [1.807, 2.05) is 9.80 Å². The van der Waals surface area contributed by atoms with Gasteiger partial charge in [0.1, 0.15) is 0 Å². The van der Waals surface area contributed by atoms with Crippen LogP contribution in [0, 0.1) is 11.8 Å². The van der Waals surface area contributed by atoms with Gasteiger partial charge in [-0.2, -0.15) is 0 Å². The van der Waals surface area contributed by atoms with Crippen LogP contribution in [-0.4, -0.2) is 52.6 Å². The van der Waals surface area contributed by atoms with Crippen LogP contribution in [0.4, 0.5) is 4.79 Å². The Bertz CT molecular complexity index is 386. The van der Waals surface area contributed by atoms with E-state index in [0.717, 1.165) is 38.9 Å². The van der Waals surface area contributed by atoms with Gasteiger partial charge in [-0.25, -0.2) is 4.79 Å². The molecule has 0 saturated carbocycles. The molecule has 21 heavy (non-hydrogen) atoms. The van der Waals surface area contributed by atoms with Gasteiger partial charge in [0.2, 0.25) is 0 Å². The minimum atomic E-state index is -0.739. The molecule has 0 aromatic carbocycles. The number of amides is 2. The molecule has 5 nitrogen and oxygen atoms in total. The van der Waals surface area contributed by atoms with E-state index in [-0.39, 0.29) is 12.5 Å². The number of carbonyl (C=O) groups is 2. The highest BCUT2D eigenvalue weighted by Gasteiger charge is 2.33. The van der Waals surface area contributed by atoms with E-state index >= 15 is 0 Å². The summed E-state index contributed by atoms with van der Waals surface area (Å²) in [5.74, 6) is 0.170. The van der Waals surface area contributed by atoms with Crippen LogP contribution in [-0.2, 0) is 4.79 Å². The molecular formula is C16H28N2O3. The van der Waals surface area contributed by atoms with E-state index in [4.69, 9.17) is 5.11 Å². The van der Waals surface area contributed by atoms with E-state index in [2.05, 4.69) is 13.8 Å². The summed E-state index contributed by atoms with van der Waals surface area (Å²) in [6.07, 6.45) is 5.23. The Morgan fingerprint density at radius 1 is 1.14 bits per heavy atom. The molecule has 0 spiro atoms. The Kier molecular flexibility index (Phi) is 5.48. The zero-order valence-electron chi connectivity index (χ0n) is 13.3. The van der Waals surface area contributed by atoms with Crippen molar-refractivity contribution in [2.45, 2.75) is 58.4 Å². The maximum Gasteiger partial charge on any atom is 0.320 e. The number of hydrogen-bond acceptors (Lipinski definition) is 2. The first kappa shape index (κ1) is 16.1. The molecule has 0 radical (unpaired) electrons. The van der Waals surface area contributed by atoms with Crippen molar-refractivity contribution in [3.63, 3.8) is 0 Å². The molecule has 2 heterocycles. The number of rotatable bonds is 3. The molecular weight excluding hydrogens is 268 g/mol. The molecule has 0 aromatic heterocycles. The number of aliphatic carboxylic acids is 1. The third-order valence-electron chi connectivity index (χ3n) is 5.18. The van der Waals surface area contributed by atoms with E-state index in [1.165, 1.54) is 6.42 Å². The Labute approximate surface area is 127 Å². The predicted molar refractivity (Wildman–Crippen MR) is 81.1 cm³/mol. The van der Waals surface area contributed by atoms with Crippen molar-refractivity contribution in [2.24, 2.45) is 11.8 Å². The van der Waals surface area contributed by atoms with Crippen LogP contribution in [0.1, 0.15) is 52.4 Å². The standard InChI is InChI=1S/C16H28N2O3/c1-12-5-3-10-18(13(12)2)16(21)17-9-4-6-14(11-17)7-8-15(19)20/h12-14H,3-11H2,1-2H3,(H,19,20). The second-order valence-electron chi connectivity index (χ2n) is 6.72. The fourth-order valence-corrected chi connectivity index (χ4v) is 3.59. The summed E-state index contributed by atoms with van der Waals surface area (Å²) < 4.78 is 0. The molecule has 2 aliphatic heterocycles. The molecule has 2 fully saturated rings. The second kappa shape index (κ2) is 7.14. The van der Waals surface area contributed by atoms with Gasteiger partial charge in [0.25, 0.3) is 0 Å². The third kappa shape index (κ3) is 4.11. The molecule has 5 heteroatoms. The lowest BCUT2D eigenvalue weighted by Gasteiger charge is -2.42. The highest BCUT2D eigenvalue weighted by Crippen LogP contribution is 2.27. The summed E-state index contributed by atoms with van der Waals surface area (Å²) in [4.78, 5) is 27.4. The van der Waals surface area contributed by atoms with Gasteiger partial charge in [0, 0.05) is 32.1 Å². The molecule has 0 aromatic rings. The first-order chi connectivity index (χ1) is 9.99. The molecule has 2 rings (SSSR count). The second-order valence-corrected chi connectivity index (χ2v) is 6.72. The number of likely N-dealkylation sites (tertiary alicyclic amines) is 2. The minimum absolute atomic E-state index is 0.161. The summed E-state index contributed by atoms with van der Waals surface area (Å²) in [6, 6.07) is 0.472. The van der Waals surface area contributed by atoms with Gasteiger partial charge < -0.3 is 14.9 Å². The molecule has 3 unspecified atom stereocenters. The van der Waals surface area contributed by atoms with Gasteiger partial charge in [0.05, 0.1) is 0 Å². The van der Waals surface area contributed by atoms with Crippen LogP contribution < -0.4 is 0 Å². The van der Waals surface area contributed by atoms with E-state index in [1.54, 1.807) is 0 Å². The molecule has 3 atom stereocenters. The van der Waals surface area contributed by atoms with Crippen LogP contribution in [0.5, 0.6) is 0 Å². The first-order valence-electron chi connectivity index (χ1n) is 8.26. The Morgan fingerprint density at radius 2 is 1.86 bits per heavy atom. The smallest absolute Gasteiger partial charge is 0.320 e. The van der Waals surface area contributed by atoms with E-state index in [9.17, 15) is 9.59 Å². The number of hydrogen-bond donors (Lipinski definition) is 1. The lowest BCUT2D eigenvalue weighted by molar-refractivity contribution is -0.137. The molecule has 0 aliphatic carbocycles. The summed E-state index contributed by atoms with van der Waals surface area (Å²) in [7, 11) is 0. The van der Waals surface area contributed by atoms with Crippen LogP contribution >= 0.6 is 0 Å². The quantitative estimate of drug-likeness (QED) is 0.871. The summed E-state index contributed by atoms with van der Waals surface area (Å²) in [6.45, 7) is 6.77. The highest BCUT2D eigenvalue weighted by atomic mass is 16.4. The first-order valence-corrected chi connectivity index (χ1v) is 8.26. The van der Waals surface area contributed by atoms with Crippen molar-refractivity contribution >= 4 is 12.0 Å². The number of carboxylic acids is 1. The van der Waals surface area contributed by atoms with Crippen molar-refractivity contribution in [1.29, 1.82) is 0 Å². The number of urea groups is 1. The minimum Gasteiger partial charge on any atom is -0.481 e. The van der Waals surface area contributed by atoms with Crippen molar-refractivity contribution in [1.82, 2.24) is 9.80 Å². The van der Waals surface area contributed by atoms with Gasteiger partial charge in [-0.1, -0.05) is 6.92 Å². The molecule has 2 amide bonds. The molecule has 2 aliphatic rings. The van der Waals surface area contributed by atoms with Gasteiger partial charge in [0.15, 0.2) is 0 Å². The van der Waals surface area contributed by atoms with Gasteiger partial charge in [-0.05, 0) is 50.9 Å². The largest absolute Gasteiger partial charge is 0.481 e. The van der Waals surface area contributed by atoms with E-state index < -0.39 is 5.97 Å². The highest BCUT2D eigenvalue weighted by molar-refractivity contribution is 5.75. The van der Waals surface area contributed by atoms with Crippen molar-refractivity contribution < 1.29 is 14.7 Å². The van der Waals surface area contributed by atoms with Crippen LogP contribution in [0.3, 0.4) is 0 Å². The number of nitrogens with zero attached hydrogens (tertiary/aromatic N) is 2. The predicted octanol–water partition coefficient (Wildman–Crippen LogP) is 2.80. The van der Waals surface area contributed by atoms with Crippen molar-refractivity contribution in [3.05, 3.63) is 0 Å². The van der Waals surface area contributed by atoms with E-state index in [0.29, 0.717) is 24.3 Å². The maximum absolute atomic E-state index is 12.7. The van der Waals surface area contributed by atoms with Crippen LogP contribution in [0.25, 0.3) is 0 Å². The average molecular weight is 296 g/mol. The van der Waals surface area contributed by atoms with Crippen LogP contribution in [0.2, 0.25) is 0 Å². The monoisotopic (exact) mass is 296 g/mol. The average Bonchev–Trinajstić information content (AvgIpc) is 2.47. The topological polar surface area (TPSA) is 60.9 Å². The number of piperidine rings is 2. The lowest BCUT2D eigenvalue weighted by atomic mass is 9.91. The Morgan fingerprint density at radius 3 is 2.57 bits per heavy atom. The Hall–Kier alpha value is -1.26. The van der Waals surface area contributed by atoms with Gasteiger partial charge in [-0.3, -0.25) is 4.79 Å². The molecule has 120 valence electrons. The third-order valence-corrected chi connectivity index (χ3v) is 5.18. The number of carboxylic acid groups (broad SMARTS) is 1. The summed E-state index contributed by atoms with van der Waals surface area (Å²) in [5.41, 5.74) is 0. The normalized spacial score (nSPS) is 30.3. The molecule has 1 N–H and O–H groups in total. The molecule has 0 bridgehead atoms. The SMILES string of the molecule is CC1CCCN(C(=O)N2CCCC(CCC(=O)O)C2)C1C. The summed E-state index contributed by atoms with van der Waals surface area (Å²) >= 11 is 0. The van der Waals surface area contributed by atoms with Crippen molar-refractivity contribution in [2.75, 3.05) is 19.6 Å². The van der Waals surface area contributed by atoms with Gasteiger partial charge in [-0.15, -0.1) is 0 Å². The zero-order chi connectivity index (χ0) is 15.4. The van der Waals surface area contributed by atoms with Gasteiger partial charge >= 0.3 is 12.0 Å². The molecule has 2 saturated heterocycles. The fourth-order valence-electron chi connectivity index (χ4n) is 3.59.